The molecule has 5 N–H and O–H groups in total. The molecule has 4 aromatic rings. The highest BCUT2D eigenvalue weighted by molar-refractivity contribution is 7.17. The molecule has 1 fully saturated rings. The van der Waals surface area contributed by atoms with Crippen molar-refractivity contribution in [3.8, 4) is 0 Å². The quantitative estimate of drug-likeness (QED) is 0.310. The number of amides is 3. The number of aromatic nitrogens is 1. The lowest BCUT2D eigenvalue weighted by molar-refractivity contribution is -0.120. The molecule has 8 nitrogen and oxygen atoms in total. The van der Waals surface area contributed by atoms with Crippen LogP contribution in [0.15, 0.2) is 66.2 Å². The number of hydrogen-bond acceptors (Lipinski definition) is 6. The van der Waals surface area contributed by atoms with Crippen LogP contribution in [0.5, 0.6) is 0 Å². The van der Waals surface area contributed by atoms with Gasteiger partial charge in [0, 0.05) is 27.4 Å². The van der Waals surface area contributed by atoms with Crippen LogP contribution in [0.3, 0.4) is 0 Å². The number of aryl methyl sites for hydroxylation is 1. The van der Waals surface area contributed by atoms with Gasteiger partial charge in [0.2, 0.25) is 5.91 Å². The van der Waals surface area contributed by atoms with E-state index in [4.69, 9.17) is 5.73 Å². The van der Waals surface area contributed by atoms with Crippen LogP contribution in [0.1, 0.15) is 39.1 Å². The van der Waals surface area contributed by atoms with E-state index < -0.39 is 17.4 Å². The fourth-order valence-electron chi connectivity index (χ4n) is 3.82. The number of nitrogens with one attached hydrogen (secondary N) is 3. The Morgan fingerprint density at radius 3 is 2.49 bits per heavy atom. The molecule has 0 aliphatic heterocycles. The summed E-state index contributed by atoms with van der Waals surface area (Å²) in [6.07, 6.45) is 2.41. The molecule has 2 aromatic carbocycles. The molecule has 0 radical (unpaired) electrons. The van der Waals surface area contributed by atoms with E-state index in [1.54, 1.807) is 6.07 Å². The Morgan fingerprint density at radius 2 is 1.74 bits per heavy atom. The summed E-state index contributed by atoms with van der Waals surface area (Å²) in [7, 11) is 0. The lowest BCUT2D eigenvalue weighted by Gasteiger charge is -2.17. The maximum atomic E-state index is 13.2. The summed E-state index contributed by atoms with van der Waals surface area (Å²) in [6, 6.07) is 16.9. The lowest BCUT2D eigenvalue weighted by Crippen LogP contribution is -2.46. The number of primary amides is 1. The van der Waals surface area contributed by atoms with Crippen LogP contribution in [0, 0.1) is 6.92 Å². The molecule has 0 atom stereocenters. The second-order valence-corrected chi connectivity index (χ2v) is 9.47. The minimum absolute atomic E-state index is 0.207. The predicted molar refractivity (Wildman–Crippen MR) is 137 cm³/mol. The lowest BCUT2D eigenvalue weighted by atomic mass is 10.1. The van der Waals surface area contributed by atoms with E-state index in [1.165, 1.54) is 17.5 Å². The van der Waals surface area contributed by atoms with Gasteiger partial charge in [-0.2, -0.15) is 0 Å². The number of anilines is 3. The normalized spacial score (nSPS) is 13.7. The maximum Gasteiger partial charge on any atom is 0.257 e. The molecule has 1 aliphatic rings. The molecule has 2 aromatic heterocycles. The number of para-hydroxylation sites is 1. The zero-order valence-electron chi connectivity index (χ0n) is 18.9. The minimum Gasteiger partial charge on any atom is -0.368 e. The van der Waals surface area contributed by atoms with Gasteiger partial charge >= 0.3 is 0 Å². The molecule has 2 heterocycles. The van der Waals surface area contributed by atoms with E-state index in [1.807, 2.05) is 60.8 Å². The van der Waals surface area contributed by atoms with Crippen LogP contribution in [-0.2, 0) is 4.79 Å². The van der Waals surface area contributed by atoms with Crippen LogP contribution in [-0.4, -0.2) is 28.2 Å². The summed E-state index contributed by atoms with van der Waals surface area (Å²) in [4.78, 5) is 42.3. The molecule has 1 saturated carbocycles. The van der Waals surface area contributed by atoms with Crippen molar-refractivity contribution < 1.29 is 14.4 Å². The fourth-order valence-corrected chi connectivity index (χ4v) is 4.76. The Labute approximate surface area is 205 Å². The van der Waals surface area contributed by atoms with Crippen molar-refractivity contribution in [1.82, 2.24) is 10.3 Å². The number of carbonyl (C=O) groups is 3. The Bertz CT molecular complexity index is 1470. The highest BCUT2D eigenvalue weighted by atomic mass is 32.1. The summed E-state index contributed by atoms with van der Waals surface area (Å²) < 4.78 is 1.00. The van der Waals surface area contributed by atoms with Gasteiger partial charge in [-0.25, -0.2) is 4.98 Å². The van der Waals surface area contributed by atoms with Gasteiger partial charge in [-0.1, -0.05) is 36.4 Å². The van der Waals surface area contributed by atoms with E-state index in [9.17, 15) is 14.4 Å². The highest BCUT2D eigenvalue weighted by Gasteiger charge is 2.50. The van der Waals surface area contributed by atoms with Gasteiger partial charge in [0.25, 0.3) is 11.8 Å². The SMILES string of the molecule is Cc1ccccc1Nc1ncc(C(=O)NC2(C(N)=O)CC2)cc1NC(=O)c1csc2ccccc12. The number of pyridine rings is 1. The van der Waals surface area contributed by atoms with Crippen molar-refractivity contribution in [3.05, 3.63) is 82.9 Å². The fraction of sp³-hybridized carbons (Fsp3) is 0.154. The maximum absolute atomic E-state index is 13.2. The predicted octanol–water partition coefficient (Wildman–Crippen LogP) is 4.35. The van der Waals surface area contributed by atoms with Crippen LogP contribution in [0.4, 0.5) is 17.2 Å². The monoisotopic (exact) mass is 485 g/mol. The molecular weight excluding hydrogens is 462 g/mol. The number of thiophene rings is 1. The molecule has 3 amide bonds. The summed E-state index contributed by atoms with van der Waals surface area (Å²) in [5.74, 6) is -0.965. The second-order valence-electron chi connectivity index (χ2n) is 8.56. The van der Waals surface area contributed by atoms with Crippen molar-refractivity contribution in [2.24, 2.45) is 5.73 Å². The van der Waals surface area contributed by atoms with E-state index in [0.717, 1.165) is 21.3 Å². The van der Waals surface area contributed by atoms with Gasteiger partial charge in [0.05, 0.1) is 16.8 Å². The van der Waals surface area contributed by atoms with Crippen molar-refractivity contribution in [2.75, 3.05) is 10.6 Å². The molecule has 35 heavy (non-hydrogen) atoms. The molecule has 176 valence electrons. The largest absolute Gasteiger partial charge is 0.368 e. The Kier molecular flexibility index (Phi) is 5.70. The first-order valence-electron chi connectivity index (χ1n) is 11.1. The number of carbonyl (C=O) groups excluding carboxylic acids is 3. The summed E-state index contributed by atoms with van der Waals surface area (Å²) >= 11 is 1.49. The van der Waals surface area contributed by atoms with Crippen LogP contribution >= 0.6 is 11.3 Å². The van der Waals surface area contributed by atoms with E-state index in [-0.39, 0.29) is 11.5 Å². The van der Waals surface area contributed by atoms with Gasteiger partial charge < -0.3 is 21.7 Å². The molecule has 0 saturated heterocycles. The average Bonchev–Trinajstić information content (AvgIpc) is 3.51. The number of fused-ring (bicyclic) bond motifs is 1. The van der Waals surface area contributed by atoms with Crippen molar-refractivity contribution in [3.63, 3.8) is 0 Å². The smallest absolute Gasteiger partial charge is 0.257 e. The summed E-state index contributed by atoms with van der Waals surface area (Å²) in [5, 5.41) is 11.5. The third-order valence-electron chi connectivity index (χ3n) is 6.10. The van der Waals surface area contributed by atoms with Crippen molar-refractivity contribution in [1.29, 1.82) is 0 Å². The second kappa shape index (κ2) is 8.84. The Hall–Kier alpha value is -4.24. The molecule has 9 heteroatoms. The van der Waals surface area contributed by atoms with E-state index >= 15 is 0 Å². The van der Waals surface area contributed by atoms with Crippen LogP contribution in [0.2, 0.25) is 0 Å². The van der Waals surface area contributed by atoms with Gasteiger partial charge in [-0.15, -0.1) is 11.3 Å². The van der Waals surface area contributed by atoms with Crippen LogP contribution in [0.25, 0.3) is 10.1 Å². The number of hydrogen-bond donors (Lipinski definition) is 4. The molecule has 0 unspecified atom stereocenters. The first-order valence-corrected chi connectivity index (χ1v) is 12.0. The third-order valence-corrected chi connectivity index (χ3v) is 7.06. The summed E-state index contributed by atoms with van der Waals surface area (Å²) in [5.41, 5.74) is 7.33. The van der Waals surface area contributed by atoms with E-state index in [2.05, 4.69) is 20.9 Å². The molecule has 5 rings (SSSR count). The molecule has 0 spiro atoms. The Balaban J connectivity index is 1.48. The minimum atomic E-state index is -1.01. The first kappa shape index (κ1) is 22.5. The van der Waals surface area contributed by atoms with Gasteiger partial charge in [-0.05, 0) is 43.5 Å². The topological polar surface area (TPSA) is 126 Å². The van der Waals surface area contributed by atoms with Crippen molar-refractivity contribution in [2.45, 2.75) is 25.3 Å². The zero-order chi connectivity index (χ0) is 24.6. The standard InChI is InChI=1S/C26H23N5O3S/c1-15-6-2-4-8-19(15)29-22-20(30-24(33)18-14-35-21-9-5-3-7-17(18)21)12-16(13-28-22)23(32)31-26(10-11-26)25(27)34/h2-9,12-14H,10-11H2,1H3,(H2,27,34)(H,28,29)(H,30,33)(H,31,32). The van der Waals surface area contributed by atoms with Gasteiger partial charge in [-0.3, -0.25) is 14.4 Å². The first-order chi connectivity index (χ1) is 16.9. The highest BCUT2D eigenvalue weighted by Crippen LogP contribution is 2.35. The number of benzene rings is 2. The van der Waals surface area contributed by atoms with Gasteiger partial charge in [0.15, 0.2) is 5.82 Å². The molecule has 1 aliphatic carbocycles. The van der Waals surface area contributed by atoms with Crippen LogP contribution < -0.4 is 21.7 Å². The molecular formula is C26H23N5O3S. The summed E-state index contributed by atoms with van der Waals surface area (Å²) in [6.45, 7) is 1.96. The van der Waals surface area contributed by atoms with E-state index in [0.29, 0.717) is 29.9 Å². The number of nitrogens with zero attached hydrogens (tertiary/aromatic N) is 1. The zero-order valence-corrected chi connectivity index (χ0v) is 19.7. The number of nitrogens with two attached hydrogens (primary N) is 1. The molecule has 0 bridgehead atoms. The number of rotatable bonds is 7. The third kappa shape index (κ3) is 4.45. The van der Waals surface area contributed by atoms with Gasteiger partial charge in [0.1, 0.15) is 5.54 Å². The van der Waals surface area contributed by atoms with Crippen molar-refractivity contribution >= 4 is 56.3 Å². The Morgan fingerprint density at radius 1 is 1.00 bits per heavy atom. The average molecular weight is 486 g/mol.